The Balaban J connectivity index is 1.56. The van der Waals surface area contributed by atoms with Gasteiger partial charge in [0.05, 0.1) is 10.3 Å². The number of aryl methyl sites for hydroxylation is 2. The van der Waals surface area contributed by atoms with Crippen molar-refractivity contribution in [1.82, 2.24) is 19.5 Å². The maximum Gasteiger partial charge on any atom is 0.269 e. The highest BCUT2D eigenvalue weighted by Crippen LogP contribution is 2.39. The molecule has 0 aliphatic heterocycles. The third kappa shape index (κ3) is 3.33. The molecule has 0 saturated heterocycles. The van der Waals surface area contributed by atoms with Gasteiger partial charge >= 0.3 is 0 Å². The van der Waals surface area contributed by atoms with Crippen molar-refractivity contribution < 1.29 is 4.92 Å². The summed E-state index contributed by atoms with van der Waals surface area (Å²) in [4.78, 5) is 26.7. The van der Waals surface area contributed by atoms with Crippen molar-refractivity contribution in [2.24, 2.45) is 0 Å². The number of thiophene rings is 1. The molecule has 5 rings (SSSR count). The van der Waals surface area contributed by atoms with E-state index in [-0.39, 0.29) is 10.6 Å². The highest BCUT2D eigenvalue weighted by Gasteiger charge is 2.21. The number of nitrogens with zero attached hydrogens (tertiary/aromatic N) is 5. The topological polar surface area (TPSA) is 98.8 Å². The predicted octanol–water partition coefficient (Wildman–Crippen LogP) is 4.28. The molecule has 29 heavy (non-hydrogen) atoms. The van der Waals surface area contributed by atoms with Crippen molar-refractivity contribution in [3.8, 4) is 5.95 Å². The maximum atomic E-state index is 11.1. The molecule has 1 N–H and O–H groups in total. The van der Waals surface area contributed by atoms with Crippen molar-refractivity contribution in [2.45, 2.75) is 32.2 Å². The van der Waals surface area contributed by atoms with Crippen molar-refractivity contribution in [3.05, 3.63) is 69.1 Å². The molecule has 9 heteroatoms. The summed E-state index contributed by atoms with van der Waals surface area (Å²) < 4.78 is 1.79. The molecule has 1 aromatic carbocycles. The molecular weight excluding hydrogens is 388 g/mol. The molecule has 0 fully saturated rings. The van der Waals surface area contributed by atoms with Crippen LogP contribution in [-0.4, -0.2) is 24.4 Å². The van der Waals surface area contributed by atoms with Crippen LogP contribution in [0.2, 0.25) is 0 Å². The van der Waals surface area contributed by atoms with Gasteiger partial charge in [-0.15, -0.1) is 11.3 Å². The second-order valence-corrected chi connectivity index (χ2v) is 8.10. The molecule has 0 atom stereocenters. The van der Waals surface area contributed by atoms with Gasteiger partial charge in [0.25, 0.3) is 5.69 Å². The number of fused-ring (bicyclic) bond motifs is 3. The fourth-order valence-electron chi connectivity index (χ4n) is 3.73. The van der Waals surface area contributed by atoms with E-state index in [0.29, 0.717) is 12.5 Å². The standard InChI is InChI=1S/C20H18N6O2S/c27-26(28)14-5-3-4-13(10-14)11-22-18-17-15-6-1-2-7-16(15)29-19(17)24-20(23-18)25-9-8-21-12-25/h3-5,8-10,12H,1-2,6-7,11H2,(H,22,23,24). The number of nitro groups is 1. The van der Waals surface area contributed by atoms with Crippen LogP contribution in [0.5, 0.6) is 0 Å². The average Bonchev–Trinajstić information content (AvgIpc) is 3.40. The third-order valence-corrected chi connectivity index (χ3v) is 6.31. The van der Waals surface area contributed by atoms with Gasteiger partial charge in [-0.05, 0) is 36.8 Å². The lowest BCUT2D eigenvalue weighted by Gasteiger charge is -2.13. The van der Waals surface area contributed by atoms with Gasteiger partial charge in [-0.25, -0.2) is 9.97 Å². The highest BCUT2D eigenvalue weighted by molar-refractivity contribution is 7.19. The number of imidazole rings is 1. The predicted molar refractivity (Wildman–Crippen MR) is 112 cm³/mol. The third-order valence-electron chi connectivity index (χ3n) is 5.12. The Morgan fingerprint density at radius 3 is 2.97 bits per heavy atom. The first-order valence-electron chi connectivity index (χ1n) is 9.47. The van der Waals surface area contributed by atoms with Gasteiger partial charge in [0.1, 0.15) is 17.0 Å². The molecule has 0 saturated carbocycles. The van der Waals surface area contributed by atoms with Crippen molar-refractivity contribution in [2.75, 3.05) is 5.32 Å². The number of aromatic nitrogens is 4. The first-order valence-corrected chi connectivity index (χ1v) is 10.3. The van der Waals surface area contributed by atoms with E-state index in [9.17, 15) is 10.1 Å². The van der Waals surface area contributed by atoms with Crippen LogP contribution >= 0.6 is 11.3 Å². The van der Waals surface area contributed by atoms with Gasteiger partial charge in [0.2, 0.25) is 5.95 Å². The van der Waals surface area contributed by atoms with Crippen LogP contribution in [0.25, 0.3) is 16.2 Å². The fraction of sp³-hybridized carbons (Fsp3) is 0.250. The normalized spacial score (nSPS) is 13.4. The molecular formula is C20H18N6O2S. The minimum absolute atomic E-state index is 0.0872. The van der Waals surface area contributed by atoms with Gasteiger partial charge in [0, 0.05) is 35.9 Å². The monoisotopic (exact) mass is 406 g/mol. The van der Waals surface area contributed by atoms with E-state index >= 15 is 0 Å². The summed E-state index contributed by atoms with van der Waals surface area (Å²) in [5.74, 6) is 1.33. The lowest BCUT2D eigenvalue weighted by Crippen LogP contribution is -2.07. The van der Waals surface area contributed by atoms with Crippen molar-refractivity contribution in [1.29, 1.82) is 0 Å². The van der Waals surface area contributed by atoms with Crippen LogP contribution in [0.3, 0.4) is 0 Å². The number of rotatable bonds is 5. The minimum Gasteiger partial charge on any atom is -0.365 e. The summed E-state index contributed by atoms with van der Waals surface area (Å²) in [6, 6.07) is 6.66. The quantitative estimate of drug-likeness (QED) is 0.392. The number of nitrogens with one attached hydrogen (secondary N) is 1. The van der Waals surface area contributed by atoms with Crippen molar-refractivity contribution in [3.63, 3.8) is 0 Å². The van der Waals surface area contributed by atoms with Crippen LogP contribution in [0.1, 0.15) is 28.8 Å². The zero-order chi connectivity index (χ0) is 19.8. The smallest absolute Gasteiger partial charge is 0.269 e. The molecule has 1 aliphatic carbocycles. The molecule has 0 amide bonds. The number of hydrogen-bond acceptors (Lipinski definition) is 7. The van der Waals surface area contributed by atoms with Crippen LogP contribution in [0.15, 0.2) is 43.0 Å². The lowest BCUT2D eigenvalue weighted by atomic mass is 9.97. The van der Waals surface area contributed by atoms with Gasteiger partial charge < -0.3 is 5.32 Å². The zero-order valence-corrected chi connectivity index (χ0v) is 16.4. The molecule has 4 aromatic rings. The number of nitro benzene ring substituents is 1. The van der Waals surface area contributed by atoms with Gasteiger partial charge in [-0.3, -0.25) is 14.7 Å². The lowest BCUT2D eigenvalue weighted by molar-refractivity contribution is -0.384. The van der Waals surface area contributed by atoms with Crippen LogP contribution in [-0.2, 0) is 19.4 Å². The second kappa shape index (κ2) is 7.25. The zero-order valence-electron chi connectivity index (χ0n) is 15.5. The molecule has 0 spiro atoms. The molecule has 3 heterocycles. The number of hydrogen-bond donors (Lipinski definition) is 1. The number of non-ortho nitro benzene ring substituents is 1. The van der Waals surface area contributed by atoms with Crippen LogP contribution in [0, 0.1) is 10.1 Å². The molecule has 0 unspecified atom stereocenters. The summed E-state index contributed by atoms with van der Waals surface area (Å²) in [6.07, 6.45) is 9.70. The molecule has 0 radical (unpaired) electrons. The van der Waals surface area contributed by atoms with E-state index < -0.39 is 0 Å². The van der Waals surface area contributed by atoms with E-state index in [0.717, 1.165) is 34.4 Å². The first-order chi connectivity index (χ1) is 14.2. The summed E-state index contributed by atoms with van der Waals surface area (Å²) in [6.45, 7) is 0.446. The number of benzene rings is 1. The number of anilines is 1. The fourth-order valence-corrected chi connectivity index (χ4v) is 4.99. The summed E-state index contributed by atoms with van der Waals surface area (Å²) in [5.41, 5.74) is 2.26. The van der Waals surface area contributed by atoms with E-state index in [1.807, 2.05) is 12.3 Å². The Hall–Kier alpha value is -3.33. The Bertz CT molecular complexity index is 1200. The molecule has 0 bridgehead atoms. The van der Waals surface area contributed by atoms with Gasteiger partial charge in [0.15, 0.2) is 0 Å². The second-order valence-electron chi connectivity index (χ2n) is 7.01. The summed E-state index contributed by atoms with van der Waals surface area (Å²) in [7, 11) is 0. The SMILES string of the molecule is O=[N+]([O-])c1cccc(CNc2nc(-n3ccnc3)nc3sc4c(c23)CCCC4)c1. The van der Waals surface area contributed by atoms with E-state index in [4.69, 9.17) is 9.97 Å². The maximum absolute atomic E-state index is 11.1. The van der Waals surface area contributed by atoms with Gasteiger partial charge in [-0.2, -0.15) is 4.98 Å². The van der Waals surface area contributed by atoms with E-state index in [2.05, 4.69) is 10.3 Å². The molecule has 1 aliphatic rings. The van der Waals surface area contributed by atoms with E-state index in [1.165, 1.54) is 29.3 Å². The first kappa shape index (κ1) is 17.7. The van der Waals surface area contributed by atoms with E-state index in [1.54, 1.807) is 40.6 Å². The molecule has 146 valence electrons. The Kier molecular flexibility index (Phi) is 4.44. The Morgan fingerprint density at radius 1 is 1.24 bits per heavy atom. The Morgan fingerprint density at radius 2 is 2.14 bits per heavy atom. The van der Waals surface area contributed by atoms with Crippen molar-refractivity contribution >= 4 is 33.1 Å². The van der Waals surface area contributed by atoms with Crippen LogP contribution in [0.4, 0.5) is 11.5 Å². The highest BCUT2D eigenvalue weighted by atomic mass is 32.1. The minimum atomic E-state index is -0.376. The Labute approximate surface area is 170 Å². The average molecular weight is 406 g/mol. The largest absolute Gasteiger partial charge is 0.365 e. The molecule has 3 aromatic heterocycles. The van der Waals surface area contributed by atoms with Crippen LogP contribution < -0.4 is 5.32 Å². The van der Waals surface area contributed by atoms with Gasteiger partial charge in [-0.1, -0.05) is 12.1 Å². The summed E-state index contributed by atoms with van der Waals surface area (Å²) in [5, 5.41) is 15.6. The summed E-state index contributed by atoms with van der Waals surface area (Å²) >= 11 is 1.74. The molecule has 8 nitrogen and oxygen atoms in total.